The Bertz CT molecular complexity index is 1170. The maximum absolute atomic E-state index is 13.1. The number of hydrogen-bond donors (Lipinski definition) is 2. The van der Waals surface area contributed by atoms with Crippen molar-refractivity contribution in [2.24, 2.45) is 5.73 Å². The Morgan fingerprint density at radius 1 is 1.00 bits per heavy atom. The number of primary amides is 1. The molecule has 2 atom stereocenters. The number of benzene rings is 2. The van der Waals surface area contributed by atoms with Gasteiger partial charge in [-0.3, -0.25) is 24.5 Å². The van der Waals surface area contributed by atoms with Crippen LogP contribution in [0, 0.1) is 10.1 Å². The van der Waals surface area contributed by atoms with Crippen molar-refractivity contribution in [3.8, 4) is 0 Å². The molecule has 0 aliphatic carbocycles. The van der Waals surface area contributed by atoms with E-state index in [0.717, 1.165) is 12.1 Å². The Morgan fingerprint density at radius 3 is 1.95 bits per heavy atom. The molecule has 0 fully saturated rings. The summed E-state index contributed by atoms with van der Waals surface area (Å²) in [5.74, 6) is -4.42. The highest BCUT2D eigenvalue weighted by molar-refractivity contribution is 5.89. The van der Waals surface area contributed by atoms with E-state index < -0.39 is 76.6 Å². The van der Waals surface area contributed by atoms with Gasteiger partial charge in [-0.1, -0.05) is 12.1 Å². The monoisotopic (exact) mass is 549 g/mol. The lowest BCUT2D eigenvalue weighted by Gasteiger charge is -2.25. The SMILES string of the molecule is CCOC(=O)C[C@@H](c1ccc([N+](=O)[O-])cc1)[C@H](NC(=O)Cc1cc(C(F)(F)F)cc(C(F)(F)F)c1)C(N)=O. The summed E-state index contributed by atoms with van der Waals surface area (Å²) < 4.78 is 83.6. The summed E-state index contributed by atoms with van der Waals surface area (Å²) in [6.07, 6.45) is -11.8. The van der Waals surface area contributed by atoms with Gasteiger partial charge < -0.3 is 15.8 Å². The highest BCUT2D eigenvalue weighted by atomic mass is 19.4. The minimum Gasteiger partial charge on any atom is -0.466 e. The number of amides is 2. The number of non-ortho nitro benzene ring substituents is 1. The van der Waals surface area contributed by atoms with Crippen LogP contribution in [0.15, 0.2) is 42.5 Å². The maximum Gasteiger partial charge on any atom is 0.416 e. The van der Waals surface area contributed by atoms with Crippen LogP contribution in [0.3, 0.4) is 0 Å². The van der Waals surface area contributed by atoms with Crippen molar-refractivity contribution in [3.63, 3.8) is 0 Å². The van der Waals surface area contributed by atoms with E-state index in [9.17, 15) is 50.8 Å². The Morgan fingerprint density at radius 2 is 1.53 bits per heavy atom. The first-order chi connectivity index (χ1) is 17.5. The van der Waals surface area contributed by atoms with Crippen LogP contribution in [-0.4, -0.2) is 35.4 Å². The second-order valence-corrected chi connectivity index (χ2v) is 8.00. The Kier molecular flexibility index (Phi) is 9.43. The van der Waals surface area contributed by atoms with E-state index in [1.54, 1.807) is 0 Å². The normalized spacial score (nSPS) is 13.3. The van der Waals surface area contributed by atoms with Gasteiger partial charge in [0.2, 0.25) is 11.8 Å². The first-order valence-corrected chi connectivity index (χ1v) is 10.8. The lowest BCUT2D eigenvalue weighted by atomic mass is 9.87. The highest BCUT2D eigenvalue weighted by Crippen LogP contribution is 2.36. The number of nitrogens with two attached hydrogens (primary N) is 1. The van der Waals surface area contributed by atoms with Crippen LogP contribution < -0.4 is 11.1 Å². The third-order valence-electron chi connectivity index (χ3n) is 5.26. The molecule has 2 aromatic carbocycles. The van der Waals surface area contributed by atoms with Crippen LogP contribution in [0.25, 0.3) is 0 Å². The van der Waals surface area contributed by atoms with E-state index >= 15 is 0 Å². The smallest absolute Gasteiger partial charge is 0.416 e. The van der Waals surface area contributed by atoms with Crippen LogP contribution in [0.4, 0.5) is 32.0 Å². The van der Waals surface area contributed by atoms with Gasteiger partial charge in [-0.25, -0.2) is 0 Å². The Balaban J connectivity index is 2.41. The number of halogens is 6. The summed E-state index contributed by atoms with van der Waals surface area (Å²) >= 11 is 0. The summed E-state index contributed by atoms with van der Waals surface area (Å²) in [7, 11) is 0. The van der Waals surface area contributed by atoms with Crippen molar-refractivity contribution in [1.29, 1.82) is 0 Å². The second-order valence-electron chi connectivity index (χ2n) is 8.00. The van der Waals surface area contributed by atoms with Gasteiger partial charge in [0.1, 0.15) is 6.04 Å². The van der Waals surface area contributed by atoms with E-state index in [2.05, 4.69) is 5.32 Å². The fourth-order valence-electron chi connectivity index (χ4n) is 3.57. The molecule has 0 saturated carbocycles. The number of ether oxygens (including phenoxy) is 1. The molecule has 38 heavy (non-hydrogen) atoms. The number of nitrogens with zero attached hydrogens (tertiary/aromatic N) is 1. The van der Waals surface area contributed by atoms with Gasteiger partial charge in [0.25, 0.3) is 5.69 Å². The Labute approximate surface area is 211 Å². The molecular formula is C23H21F6N3O6. The molecular weight excluding hydrogens is 528 g/mol. The molecule has 15 heteroatoms. The second kappa shape index (κ2) is 11.9. The molecule has 2 aromatic rings. The van der Waals surface area contributed by atoms with Gasteiger partial charge in [-0.15, -0.1) is 0 Å². The molecule has 0 saturated heterocycles. The quantitative estimate of drug-likeness (QED) is 0.199. The third kappa shape index (κ3) is 8.18. The molecule has 0 aromatic heterocycles. The van der Waals surface area contributed by atoms with Crippen molar-refractivity contribution in [2.75, 3.05) is 6.61 Å². The standard InChI is InChI=1S/C23H21F6N3O6/c1-2-38-19(34)11-17(13-3-5-16(6-4-13)32(36)37)20(21(30)35)31-18(33)9-12-7-14(22(24,25)26)10-15(8-12)23(27,28)29/h3-8,10,17,20H,2,9,11H2,1H3,(H2,30,35)(H,31,33)/t17-,20-/m0/s1. The zero-order valence-corrected chi connectivity index (χ0v) is 19.6. The predicted molar refractivity (Wildman–Crippen MR) is 118 cm³/mol. The van der Waals surface area contributed by atoms with Crippen molar-refractivity contribution in [2.45, 2.75) is 44.1 Å². The van der Waals surface area contributed by atoms with Crippen molar-refractivity contribution >= 4 is 23.5 Å². The van der Waals surface area contributed by atoms with Gasteiger partial charge in [-0.05, 0) is 36.2 Å². The van der Waals surface area contributed by atoms with E-state index in [4.69, 9.17) is 10.5 Å². The summed E-state index contributed by atoms with van der Waals surface area (Å²) in [4.78, 5) is 47.3. The molecule has 0 bridgehead atoms. The Hall–Kier alpha value is -4.17. The van der Waals surface area contributed by atoms with Gasteiger partial charge in [0.15, 0.2) is 0 Å². The minimum atomic E-state index is -5.14. The molecule has 3 N–H and O–H groups in total. The number of carbonyl (C=O) groups is 3. The number of rotatable bonds is 10. The number of nitro groups is 1. The third-order valence-corrected chi connectivity index (χ3v) is 5.26. The fourth-order valence-corrected chi connectivity index (χ4v) is 3.57. The molecule has 0 radical (unpaired) electrons. The molecule has 2 rings (SSSR count). The molecule has 2 amide bonds. The lowest BCUT2D eigenvalue weighted by Crippen LogP contribution is -2.49. The largest absolute Gasteiger partial charge is 0.466 e. The van der Waals surface area contributed by atoms with Crippen LogP contribution >= 0.6 is 0 Å². The molecule has 0 heterocycles. The summed E-state index contributed by atoms with van der Waals surface area (Å²) in [6, 6.07) is 3.47. The molecule has 0 unspecified atom stereocenters. The number of hydrogen-bond acceptors (Lipinski definition) is 6. The number of carbonyl (C=O) groups excluding carboxylic acids is 3. The number of nitrogens with one attached hydrogen (secondary N) is 1. The number of alkyl halides is 6. The van der Waals surface area contributed by atoms with Crippen LogP contribution in [0.5, 0.6) is 0 Å². The van der Waals surface area contributed by atoms with E-state index in [1.165, 1.54) is 19.1 Å². The van der Waals surface area contributed by atoms with Crippen LogP contribution in [0.2, 0.25) is 0 Å². The topological polar surface area (TPSA) is 142 Å². The highest BCUT2D eigenvalue weighted by Gasteiger charge is 2.37. The van der Waals surface area contributed by atoms with Crippen LogP contribution in [-0.2, 0) is 37.9 Å². The average molecular weight is 549 g/mol. The summed E-state index contributed by atoms with van der Waals surface area (Å²) in [5, 5.41) is 13.1. The van der Waals surface area contributed by atoms with Gasteiger partial charge in [0.05, 0.1) is 35.5 Å². The van der Waals surface area contributed by atoms with E-state index in [-0.39, 0.29) is 23.9 Å². The number of esters is 1. The fraction of sp³-hybridized carbons (Fsp3) is 0.348. The van der Waals surface area contributed by atoms with Gasteiger partial charge in [0, 0.05) is 18.1 Å². The minimum absolute atomic E-state index is 0.0451. The molecule has 0 aliphatic rings. The lowest BCUT2D eigenvalue weighted by molar-refractivity contribution is -0.384. The van der Waals surface area contributed by atoms with Crippen LogP contribution in [0.1, 0.15) is 41.5 Å². The summed E-state index contributed by atoms with van der Waals surface area (Å²) in [6.45, 7) is 1.45. The molecule has 0 aliphatic heterocycles. The van der Waals surface area contributed by atoms with Crippen molar-refractivity contribution in [1.82, 2.24) is 5.32 Å². The number of nitro benzene ring substituents is 1. The van der Waals surface area contributed by atoms with Crippen molar-refractivity contribution in [3.05, 3.63) is 74.8 Å². The zero-order valence-electron chi connectivity index (χ0n) is 19.6. The predicted octanol–water partition coefficient (Wildman–Crippen LogP) is 3.88. The maximum atomic E-state index is 13.1. The van der Waals surface area contributed by atoms with Gasteiger partial charge >= 0.3 is 18.3 Å². The zero-order chi connectivity index (χ0) is 28.8. The first kappa shape index (κ1) is 30.1. The first-order valence-electron chi connectivity index (χ1n) is 10.8. The molecule has 9 nitrogen and oxygen atoms in total. The van der Waals surface area contributed by atoms with E-state index in [1.807, 2.05) is 0 Å². The summed E-state index contributed by atoms with van der Waals surface area (Å²) in [5.41, 5.74) is 1.30. The molecule has 0 spiro atoms. The molecule has 206 valence electrons. The van der Waals surface area contributed by atoms with Crippen molar-refractivity contribution < 1.29 is 50.4 Å². The van der Waals surface area contributed by atoms with Gasteiger partial charge in [-0.2, -0.15) is 26.3 Å². The van der Waals surface area contributed by atoms with E-state index in [0.29, 0.717) is 12.1 Å². The average Bonchev–Trinajstić information content (AvgIpc) is 2.80.